The summed E-state index contributed by atoms with van der Waals surface area (Å²) < 4.78 is 10.4. The highest BCUT2D eigenvalue weighted by Crippen LogP contribution is 2.19. The first-order valence-electron chi connectivity index (χ1n) is 7.87. The lowest BCUT2D eigenvalue weighted by Crippen LogP contribution is -2.18. The molecule has 4 rings (SSSR count). The van der Waals surface area contributed by atoms with Gasteiger partial charge in [-0.1, -0.05) is 30.3 Å². The standard InChI is InChI=1S/C17H17N5O3/c1-20-15-14(18-10-21(15)11-25-8-7-23)16(24)22-9-13(19-17(20)22)12-5-3-2-4-6-12/h2-6,9-10,23H,7-8,11H2,1H3. The molecule has 0 unspecified atom stereocenters. The summed E-state index contributed by atoms with van der Waals surface area (Å²) in [6, 6.07) is 9.70. The van der Waals surface area contributed by atoms with E-state index in [1.54, 1.807) is 17.1 Å². The lowest BCUT2D eigenvalue weighted by atomic mass is 10.2. The molecule has 0 spiro atoms. The number of nitrogens with zero attached hydrogens (tertiary/aromatic N) is 5. The maximum absolute atomic E-state index is 12.8. The number of fused-ring (bicyclic) bond motifs is 2. The molecule has 3 heterocycles. The molecule has 0 fully saturated rings. The van der Waals surface area contributed by atoms with Crippen molar-refractivity contribution in [2.24, 2.45) is 7.05 Å². The first-order valence-corrected chi connectivity index (χ1v) is 7.87. The summed E-state index contributed by atoms with van der Waals surface area (Å²) in [5.41, 5.74) is 2.42. The third-order valence-electron chi connectivity index (χ3n) is 4.07. The van der Waals surface area contributed by atoms with Crippen LogP contribution in [0.4, 0.5) is 0 Å². The molecule has 8 heteroatoms. The average molecular weight is 339 g/mol. The number of benzene rings is 1. The molecule has 3 aromatic heterocycles. The Morgan fingerprint density at radius 3 is 2.80 bits per heavy atom. The van der Waals surface area contributed by atoms with Crippen molar-refractivity contribution in [3.8, 4) is 11.3 Å². The molecule has 128 valence electrons. The summed E-state index contributed by atoms with van der Waals surface area (Å²) in [6.07, 6.45) is 3.29. The van der Waals surface area contributed by atoms with E-state index < -0.39 is 0 Å². The minimum atomic E-state index is -0.223. The van der Waals surface area contributed by atoms with Crippen molar-refractivity contribution in [1.82, 2.24) is 23.5 Å². The van der Waals surface area contributed by atoms with E-state index in [0.29, 0.717) is 16.9 Å². The summed E-state index contributed by atoms with van der Waals surface area (Å²) in [4.78, 5) is 21.6. The fraction of sp³-hybridized carbons (Fsp3) is 0.235. The Morgan fingerprint density at radius 1 is 1.24 bits per heavy atom. The molecule has 0 aliphatic rings. The van der Waals surface area contributed by atoms with E-state index in [1.807, 2.05) is 41.9 Å². The van der Waals surface area contributed by atoms with Gasteiger partial charge in [0.15, 0.2) is 5.52 Å². The zero-order valence-corrected chi connectivity index (χ0v) is 13.7. The summed E-state index contributed by atoms with van der Waals surface area (Å²) >= 11 is 0. The lowest BCUT2D eigenvalue weighted by molar-refractivity contribution is 0.0497. The van der Waals surface area contributed by atoms with Gasteiger partial charge in [-0.3, -0.25) is 13.9 Å². The van der Waals surface area contributed by atoms with E-state index >= 15 is 0 Å². The van der Waals surface area contributed by atoms with Crippen molar-refractivity contribution >= 4 is 16.9 Å². The van der Waals surface area contributed by atoms with Crippen LogP contribution in [0.3, 0.4) is 0 Å². The second kappa shape index (κ2) is 6.15. The number of hydrogen-bond donors (Lipinski definition) is 1. The maximum Gasteiger partial charge on any atom is 0.287 e. The first kappa shape index (κ1) is 15.6. The third kappa shape index (κ3) is 2.51. The molecule has 4 aromatic rings. The number of hydrogen-bond acceptors (Lipinski definition) is 5. The van der Waals surface area contributed by atoms with Crippen LogP contribution in [0.5, 0.6) is 0 Å². The van der Waals surface area contributed by atoms with E-state index in [9.17, 15) is 4.79 Å². The molecule has 25 heavy (non-hydrogen) atoms. The zero-order valence-electron chi connectivity index (χ0n) is 13.7. The summed E-state index contributed by atoms with van der Waals surface area (Å²) in [6.45, 7) is 0.362. The summed E-state index contributed by atoms with van der Waals surface area (Å²) in [5, 5.41) is 8.84. The van der Waals surface area contributed by atoms with E-state index in [1.165, 1.54) is 4.40 Å². The molecule has 0 aliphatic heterocycles. The number of rotatable bonds is 5. The molecule has 0 radical (unpaired) electrons. The number of aliphatic hydroxyl groups excluding tert-OH is 1. The molecule has 1 N–H and O–H groups in total. The van der Waals surface area contributed by atoms with Crippen LogP contribution in [0, 0.1) is 0 Å². The Kier molecular flexibility index (Phi) is 3.83. The van der Waals surface area contributed by atoms with Crippen LogP contribution in [0.1, 0.15) is 0 Å². The normalized spacial score (nSPS) is 11.6. The van der Waals surface area contributed by atoms with Gasteiger partial charge in [-0.2, -0.15) is 0 Å². The van der Waals surface area contributed by atoms with Gasteiger partial charge in [0.1, 0.15) is 12.4 Å². The average Bonchev–Trinajstić information content (AvgIpc) is 3.26. The molecule has 0 bridgehead atoms. The van der Waals surface area contributed by atoms with Crippen LogP contribution in [0.25, 0.3) is 28.2 Å². The fourth-order valence-corrected chi connectivity index (χ4v) is 2.91. The van der Waals surface area contributed by atoms with Crippen LogP contribution in [-0.4, -0.2) is 41.8 Å². The molecular weight excluding hydrogens is 322 g/mol. The first-order chi connectivity index (χ1) is 12.2. The molecule has 0 aliphatic carbocycles. The SMILES string of the molecule is Cn1c2c(ncn2COCCO)c(=O)n2cc(-c3ccccc3)nc12. The zero-order chi connectivity index (χ0) is 17.4. The highest BCUT2D eigenvalue weighted by atomic mass is 16.5. The van der Waals surface area contributed by atoms with Crippen molar-refractivity contribution in [1.29, 1.82) is 0 Å². The van der Waals surface area contributed by atoms with Crippen molar-refractivity contribution in [2.45, 2.75) is 6.73 Å². The van der Waals surface area contributed by atoms with Crippen LogP contribution >= 0.6 is 0 Å². The van der Waals surface area contributed by atoms with Crippen molar-refractivity contribution < 1.29 is 9.84 Å². The smallest absolute Gasteiger partial charge is 0.287 e. The Morgan fingerprint density at radius 2 is 2.04 bits per heavy atom. The van der Waals surface area contributed by atoms with E-state index in [2.05, 4.69) is 9.97 Å². The largest absolute Gasteiger partial charge is 0.394 e. The fourth-order valence-electron chi connectivity index (χ4n) is 2.91. The Bertz CT molecular complexity index is 1090. The molecule has 0 atom stereocenters. The van der Waals surface area contributed by atoms with Gasteiger partial charge in [0.2, 0.25) is 5.78 Å². The highest BCUT2D eigenvalue weighted by molar-refractivity contribution is 5.74. The molecule has 0 saturated carbocycles. The van der Waals surface area contributed by atoms with Crippen LogP contribution in [-0.2, 0) is 18.5 Å². The lowest BCUT2D eigenvalue weighted by Gasteiger charge is -2.09. The Labute approximate surface area is 142 Å². The number of ether oxygens (including phenoxy) is 1. The number of imidazole rings is 2. The summed E-state index contributed by atoms with van der Waals surface area (Å²) in [5.74, 6) is 0.528. The van der Waals surface area contributed by atoms with Crippen LogP contribution in [0.2, 0.25) is 0 Å². The maximum atomic E-state index is 12.8. The van der Waals surface area contributed by atoms with Gasteiger partial charge < -0.3 is 9.84 Å². The quantitative estimate of drug-likeness (QED) is 0.549. The minimum absolute atomic E-state index is 0.0590. The predicted molar refractivity (Wildman–Crippen MR) is 92.2 cm³/mol. The van der Waals surface area contributed by atoms with Crippen LogP contribution < -0.4 is 5.56 Å². The van der Waals surface area contributed by atoms with Crippen molar-refractivity contribution in [2.75, 3.05) is 13.2 Å². The van der Waals surface area contributed by atoms with Gasteiger partial charge in [-0.25, -0.2) is 14.4 Å². The van der Waals surface area contributed by atoms with Crippen molar-refractivity contribution in [3.05, 3.63) is 53.2 Å². The third-order valence-corrected chi connectivity index (χ3v) is 4.07. The second-order valence-corrected chi connectivity index (χ2v) is 5.67. The highest BCUT2D eigenvalue weighted by Gasteiger charge is 2.16. The molecule has 1 aromatic carbocycles. The number of aryl methyl sites for hydroxylation is 1. The van der Waals surface area contributed by atoms with Gasteiger partial charge in [-0.15, -0.1) is 0 Å². The Balaban J connectivity index is 1.91. The van der Waals surface area contributed by atoms with Gasteiger partial charge in [0, 0.05) is 18.8 Å². The van der Waals surface area contributed by atoms with E-state index in [-0.39, 0.29) is 25.5 Å². The number of aromatic nitrogens is 5. The molecule has 0 saturated heterocycles. The minimum Gasteiger partial charge on any atom is -0.394 e. The van der Waals surface area contributed by atoms with Crippen LogP contribution in [0.15, 0.2) is 47.7 Å². The van der Waals surface area contributed by atoms with E-state index in [0.717, 1.165) is 11.3 Å². The van der Waals surface area contributed by atoms with Gasteiger partial charge >= 0.3 is 0 Å². The van der Waals surface area contributed by atoms with Gasteiger partial charge in [0.05, 0.1) is 25.2 Å². The molecular formula is C17H17N5O3. The number of aliphatic hydroxyl groups is 1. The topological polar surface area (TPSA) is 86.6 Å². The van der Waals surface area contributed by atoms with Gasteiger partial charge in [-0.05, 0) is 0 Å². The summed E-state index contributed by atoms with van der Waals surface area (Å²) in [7, 11) is 1.84. The van der Waals surface area contributed by atoms with E-state index in [4.69, 9.17) is 9.84 Å². The molecule has 0 amide bonds. The monoisotopic (exact) mass is 339 g/mol. The van der Waals surface area contributed by atoms with Crippen molar-refractivity contribution in [3.63, 3.8) is 0 Å². The second-order valence-electron chi connectivity index (χ2n) is 5.67. The predicted octanol–water partition coefficient (Wildman–Crippen LogP) is 1.02. The molecule has 8 nitrogen and oxygen atoms in total. The van der Waals surface area contributed by atoms with Gasteiger partial charge in [0.25, 0.3) is 5.56 Å². The Hall–Kier alpha value is -2.97.